The molecule has 0 bridgehead atoms. The summed E-state index contributed by atoms with van der Waals surface area (Å²) in [6, 6.07) is 5.03. The summed E-state index contributed by atoms with van der Waals surface area (Å²) in [4.78, 5) is 13.0. The summed E-state index contributed by atoms with van der Waals surface area (Å²) < 4.78 is 0. The molecular formula is C14H20N2O3S. The van der Waals surface area contributed by atoms with Gasteiger partial charge >= 0.3 is 0 Å². The molecule has 0 spiro atoms. The largest absolute Gasteiger partial charge is 0.389 e. The van der Waals surface area contributed by atoms with Crippen molar-refractivity contribution in [1.82, 2.24) is 0 Å². The van der Waals surface area contributed by atoms with E-state index < -0.39 is 6.10 Å². The fourth-order valence-corrected chi connectivity index (χ4v) is 3.58. The number of aliphatic hydroxyl groups is 1. The summed E-state index contributed by atoms with van der Waals surface area (Å²) in [5, 5.41) is 21.4. The lowest BCUT2D eigenvalue weighted by Crippen LogP contribution is -2.37. The molecule has 0 aromatic heterocycles. The maximum atomic E-state index is 11.3. The predicted octanol–water partition coefficient (Wildman–Crippen LogP) is 2.98. The Kier molecular flexibility index (Phi) is 4.88. The van der Waals surface area contributed by atoms with Gasteiger partial charge in [-0.15, -0.1) is 0 Å². The number of thioether (sulfide) groups is 1. The van der Waals surface area contributed by atoms with Crippen LogP contribution in [0.3, 0.4) is 0 Å². The number of aliphatic hydroxyl groups excluding tert-OH is 1. The standard InChI is InChI=1S/C14H20N2O3S/c1-3-12-9-15(6-7-20-12)13-5-4-11(10(2)17)8-14(13)16(18)19/h4-5,8,10,12,17H,3,6-7,9H2,1-2H3/t10-,12?/m1/s1. The Morgan fingerprint density at radius 3 is 2.95 bits per heavy atom. The molecule has 0 amide bonds. The molecule has 0 radical (unpaired) electrons. The zero-order chi connectivity index (χ0) is 14.7. The van der Waals surface area contributed by atoms with Gasteiger partial charge in [0.05, 0.1) is 11.0 Å². The van der Waals surface area contributed by atoms with E-state index in [9.17, 15) is 15.2 Å². The van der Waals surface area contributed by atoms with E-state index in [4.69, 9.17) is 0 Å². The number of nitro benzene ring substituents is 1. The van der Waals surface area contributed by atoms with E-state index in [-0.39, 0.29) is 10.6 Å². The second-order valence-corrected chi connectivity index (χ2v) is 6.44. The first-order chi connectivity index (χ1) is 9.52. The van der Waals surface area contributed by atoms with Gasteiger partial charge in [0.1, 0.15) is 5.69 Å². The zero-order valence-corrected chi connectivity index (χ0v) is 12.6. The molecule has 0 saturated carbocycles. The van der Waals surface area contributed by atoms with E-state index in [2.05, 4.69) is 11.8 Å². The zero-order valence-electron chi connectivity index (χ0n) is 11.8. The lowest BCUT2D eigenvalue weighted by atomic mass is 10.1. The molecule has 1 aromatic rings. The quantitative estimate of drug-likeness (QED) is 0.683. The van der Waals surface area contributed by atoms with Crippen LogP contribution in [0.4, 0.5) is 11.4 Å². The molecule has 2 rings (SSSR count). The maximum absolute atomic E-state index is 11.3. The van der Waals surface area contributed by atoms with Crippen LogP contribution >= 0.6 is 11.8 Å². The number of anilines is 1. The third-order valence-electron chi connectivity index (χ3n) is 3.61. The molecule has 1 aliphatic rings. The van der Waals surface area contributed by atoms with Crippen molar-refractivity contribution in [3.05, 3.63) is 33.9 Å². The lowest BCUT2D eigenvalue weighted by Gasteiger charge is -2.33. The highest BCUT2D eigenvalue weighted by molar-refractivity contribution is 8.00. The smallest absolute Gasteiger partial charge is 0.292 e. The Morgan fingerprint density at radius 2 is 2.35 bits per heavy atom. The van der Waals surface area contributed by atoms with Gasteiger partial charge in [-0.05, 0) is 25.0 Å². The van der Waals surface area contributed by atoms with Crippen LogP contribution in [-0.2, 0) is 0 Å². The molecule has 20 heavy (non-hydrogen) atoms. The van der Waals surface area contributed by atoms with Crippen molar-refractivity contribution >= 4 is 23.1 Å². The molecule has 110 valence electrons. The predicted molar refractivity (Wildman–Crippen MR) is 82.5 cm³/mol. The molecule has 1 N–H and O–H groups in total. The SMILES string of the molecule is CCC1CN(c2ccc([C@@H](C)O)cc2[N+](=O)[O-])CCS1. The van der Waals surface area contributed by atoms with Gasteiger partial charge in [0.25, 0.3) is 5.69 Å². The molecule has 1 aromatic carbocycles. The normalized spacial score (nSPS) is 20.8. The molecule has 5 nitrogen and oxygen atoms in total. The highest BCUT2D eigenvalue weighted by atomic mass is 32.2. The van der Waals surface area contributed by atoms with E-state index in [1.54, 1.807) is 19.1 Å². The van der Waals surface area contributed by atoms with Crippen LogP contribution in [-0.4, -0.2) is 34.1 Å². The highest BCUT2D eigenvalue weighted by Gasteiger charge is 2.25. The molecule has 0 aliphatic carbocycles. The summed E-state index contributed by atoms with van der Waals surface area (Å²) in [6.45, 7) is 5.43. The number of rotatable bonds is 4. The van der Waals surface area contributed by atoms with Crippen molar-refractivity contribution in [1.29, 1.82) is 0 Å². The van der Waals surface area contributed by atoms with E-state index in [1.807, 2.05) is 11.8 Å². The van der Waals surface area contributed by atoms with Crippen molar-refractivity contribution in [2.45, 2.75) is 31.6 Å². The van der Waals surface area contributed by atoms with Crippen LogP contribution < -0.4 is 4.90 Å². The Bertz CT molecular complexity index is 493. The topological polar surface area (TPSA) is 66.6 Å². The number of hydrogen-bond acceptors (Lipinski definition) is 5. The number of hydrogen-bond donors (Lipinski definition) is 1. The van der Waals surface area contributed by atoms with E-state index in [1.165, 1.54) is 6.07 Å². The summed E-state index contributed by atoms with van der Waals surface area (Å²) in [5.41, 5.74) is 1.34. The second-order valence-electron chi connectivity index (χ2n) is 5.03. The first kappa shape index (κ1) is 15.1. The van der Waals surface area contributed by atoms with Crippen molar-refractivity contribution < 1.29 is 10.0 Å². The number of nitrogens with zero attached hydrogens (tertiary/aromatic N) is 2. The average molecular weight is 296 g/mol. The molecule has 1 heterocycles. The Hall–Kier alpha value is -1.27. The Morgan fingerprint density at radius 1 is 1.60 bits per heavy atom. The fourth-order valence-electron chi connectivity index (χ4n) is 2.40. The van der Waals surface area contributed by atoms with Gasteiger partial charge in [0.15, 0.2) is 0 Å². The van der Waals surface area contributed by atoms with Crippen LogP contribution in [0.2, 0.25) is 0 Å². The minimum Gasteiger partial charge on any atom is -0.389 e. The summed E-state index contributed by atoms with van der Waals surface area (Å²) >= 11 is 1.93. The van der Waals surface area contributed by atoms with Crippen LogP contribution in [0, 0.1) is 10.1 Å². The van der Waals surface area contributed by atoms with E-state index in [0.717, 1.165) is 25.3 Å². The van der Waals surface area contributed by atoms with Crippen molar-refractivity contribution in [3.8, 4) is 0 Å². The van der Waals surface area contributed by atoms with Crippen LogP contribution in [0.15, 0.2) is 18.2 Å². The Balaban J connectivity index is 2.32. The highest BCUT2D eigenvalue weighted by Crippen LogP contribution is 2.34. The summed E-state index contributed by atoms with van der Waals surface area (Å²) in [6.07, 6.45) is 0.379. The first-order valence-corrected chi connectivity index (χ1v) is 7.90. The van der Waals surface area contributed by atoms with Gasteiger partial charge < -0.3 is 10.0 Å². The molecule has 1 aliphatic heterocycles. The molecule has 1 saturated heterocycles. The van der Waals surface area contributed by atoms with Crippen molar-refractivity contribution in [3.63, 3.8) is 0 Å². The van der Waals surface area contributed by atoms with Gasteiger partial charge in [0, 0.05) is 30.2 Å². The van der Waals surface area contributed by atoms with E-state index >= 15 is 0 Å². The van der Waals surface area contributed by atoms with Gasteiger partial charge in [-0.25, -0.2) is 0 Å². The Labute approximate surface area is 123 Å². The first-order valence-electron chi connectivity index (χ1n) is 6.86. The van der Waals surface area contributed by atoms with Gasteiger partial charge in [-0.3, -0.25) is 10.1 Å². The van der Waals surface area contributed by atoms with Crippen LogP contribution in [0.5, 0.6) is 0 Å². The minimum atomic E-state index is -0.692. The van der Waals surface area contributed by atoms with E-state index in [0.29, 0.717) is 16.5 Å². The second kappa shape index (κ2) is 6.45. The maximum Gasteiger partial charge on any atom is 0.292 e. The van der Waals surface area contributed by atoms with Gasteiger partial charge in [-0.2, -0.15) is 11.8 Å². The monoisotopic (exact) mass is 296 g/mol. The van der Waals surface area contributed by atoms with Crippen LogP contribution in [0.1, 0.15) is 31.9 Å². The van der Waals surface area contributed by atoms with Crippen molar-refractivity contribution in [2.24, 2.45) is 0 Å². The molecule has 1 fully saturated rings. The fraction of sp³-hybridized carbons (Fsp3) is 0.571. The molecule has 1 unspecified atom stereocenters. The summed E-state index contributed by atoms with van der Waals surface area (Å²) in [7, 11) is 0. The third-order valence-corrected chi connectivity index (χ3v) is 4.99. The lowest BCUT2D eigenvalue weighted by molar-refractivity contribution is -0.384. The molecular weight excluding hydrogens is 276 g/mol. The van der Waals surface area contributed by atoms with Crippen molar-refractivity contribution in [2.75, 3.05) is 23.7 Å². The van der Waals surface area contributed by atoms with Gasteiger partial charge in [-0.1, -0.05) is 13.0 Å². The average Bonchev–Trinajstić information content (AvgIpc) is 2.46. The number of nitro groups is 1. The molecule has 6 heteroatoms. The summed E-state index contributed by atoms with van der Waals surface area (Å²) in [5.74, 6) is 0.994. The van der Waals surface area contributed by atoms with Crippen LogP contribution in [0.25, 0.3) is 0 Å². The third kappa shape index (κ3) is 3.24. The number of benzene rings is 1. The van der Waals surface area contributed by atoms with Gasteiger partial charge in [0.2, 0.25) is 0 Å². The molecule has 2 atom stereocenters. The minimum absolute atomic E-state index is 0.0881.